The van der Waals surface area contributed by atoms with Crippen molar-refractivity contribution >= 4 is 40.0 Å². The molecule has 57 valence electrons. The molecular weight excluding hydrogens is 389 g/mol. The first-order valence-electron chi connectivity index (χ1n) is 2.96. The molecule has 1 rings (SSSR count). The summed E-state index contributed by atoms with van der Waals surface area (Å²) in [7, 11) is 0.628. The normalized spacial score (nSPS) is 14.8. The van der Waals surface area contributed by atoms with E-state index in [4.69, 9.17) is 0 Å². The van der Waals surface area contributed by atoms with Crippen molar-refractivity contribution in [1.29, 1.82) is 0 Å². The molecule has 0 fully saturated rings. The van der Waals surface area contributed by atoms with Crippen LogP contribution >= 0.6 is 40.0 Å². The molecule has 0 saturated carbocycles. The molecule has 1 aliphatic rings. The molecule has 0 amide bonds. The molecule has 3 heteroatoms. The number of halogens is 2. The third-order valence-electron chi connectivity index (χ3n) is 1.21. The van der Waals surface area contributed by atoms with Crippen LogP contribution in [0.25, 0.3) is 0 Å². The van der Waals surface area contributed by atoms with Gasteiger partial charge in [-0.2, -0.15) is 0 Å². The second kappa shape index (κ2) is 7.19. The van der Waals surface area contributed by atoms with E-state index >= 15 is 0 Å². The molecule has 0 aromatic heterocycles. The van der Waals surface area contributed by atoms with E-state index in [1.54, 1.807) is 0 Å². The Morgan fingerprint density at radius 2 is 1.50 bits per heavy atom. The number of hydrogen-bond donors (Lipinski definition) is 0. The van der Waals surface area contributed by atoms with E-state index < -0.39 is 0 Å². The molecule has 0 N–H and O–H groups in total. The second-order valence-electron chi connectivity index (χ2n) is 2.27. The van der Waals surface area contributed by atoms with Crippen LogP contribution in [-0.4, -0.2) is 0 Å². The third-order valence-corrected chi connectivity index (χ3v) is 1.21. The number of allylic oxidation sites excluding steroid dienone is 4. The maximum absolute atomic E-state index is 2.37. The Kier molecular flexibility index (Phi) is 8.28. The van der Waals surface area contributed by atoms with Gasteiger partial charge in [0.25, 0.3) is 0 Å². The van der Waals surface area contributed by atoms with E-state index in [1.807, 2.05) is 0 Å². The molecule has 0 heterocycles. The summed E-state index contributed by atoms with van der Waals surface area (Å²) >= 11 is 4.74. The molecule has 0 aromatic rings. The van der Waals surface area contributed by atoms with Crippen molar-refractivity contribution < 1.29 is 9.47 Å². The maximum atomic E-state index is 2.37. The Hall–Kier alpha value is 1.52. The summed E-state index contributed by atoms with van der Waals surface area (Å²) in [5.41, 5.74) is 2.97. The zero-order valence-electron chi connectivity index (χ0n) is 6.06. The molecule has 0 unspecified atom stereocenters. The van der Waals surface area contributed by atoms with Gasteiger partial charge < -0.3 is 0 Å². The quantitative estimate of drug-likeness (QED) is 0.540. The average molecular weight is 399 g/mol. The predicted octanol–water partition coefficient (Wildman–Crippen LogP) is 4.05. The molecule has 1 aliphatic carbocycles. The van der Waals surface area contributed by atoms with E-state index in [1.165, 1.54) is 17.6 Å². The van der Waals surface area contributed by atoms with Crippen LogP contribution in [-0.2, 0) is 9.47 Å². The number of hydrogen-bond acceptors (Lipinski definition) is 0. The van der Waals surface area contributed by atoms with Gasteiger partial charge in [0.2, 0.25) is 0 Å². The van der Waals surface area contributed by atoms with Crippen LogP contribution in [0, 0.1) is 0 Å². The van der Waals surface area contributed by atoms with Crippen molar-refractivity contribution in [1.82, 2.24) is 0 Å². The predicted molar refractivity (Wildman–Crippen MR) is 60.2 cm³/mol. The first-order chi connectivity index (χ1) is 4.70. The van der Waals surface area contributed by atoms with E-state index in [9.17, 15) is 0 Å². The monoisotopic (exact) mass is 399 g/mol. The van der Waals surface area contributed by atoms with Crippen LogP contribution in [0.1, 0.15) is 20.3 Å². The first kappa shape index (κ1) is 11.5. The van der Waals surface area contributed by atoms with Gasteiger partial charge in [-0.15, -0.1) is 0 Å². The van der Waals surface area contributed by atoms with Gasteiger partial charge in [0, 0.05) is 0 Å². The molecule has 0 atom stereocenters. The van der Waals surface area contributed by atoms with Gasteiger partial charge in [0.05, 0.1) is 0 Å². The Morgan fingerprint density at radius 3 is 1.60 bits per heavy atom. The molecule has 0 bridgehead atoms. The second-order valence-corrected chi connectivity index (χ2v) is 14.1. The van der Waals surface area contributed by atoms with Gasteiger partial charge in [-0.1, -0.05) is 23.3 Å². The fraction of sp³-hybridized carbons (Fsp3) is 0.429. The van der Waals surface area contributed by atoms with Gasteiger partial charge in [-0.3, -0.25) is 0 Å². The van der Waals surface area contributed by atoms with Crippen molar-refractivity contribution in [3.05, 3.63) is 23.3 Å². The Bertz CT molecular complexity index is 134. The van der Waals surface area contributed by atoms with Crippen molar-refractivity contribution in [2.24, 2.45) is 0 Å². The zero-order valence-corrected chi connectivity index (χ0v) is 11.8. The minimum atomic E-state index is 0.628. The molecule has 0 nitrogen and oxygen atoms in total. The summed E-state index contributed by atoms with van der Waals surface area (Å²) < 4.78 is 0. The third kappa shape index (κ3) is 6.25. The Balaban J connectivity index is 0.000000236. The van der Waals surface area contributed by atoms with E-state index in [0.29, 0.717) is 9.47 Å². The van der Waals surface area contributed by atoms with Crippen molar-refractivity contribution in [2.45, 2.75) is 20.3 Å². The van der Waals surface area contributed by atoms with Crippen LogP contribution in [0.3, 0.4) is 0 Å². The van der Waals surface area contributed by atoms with Gasteiger partial charge in [-0.05, 0) is 20.3 Å². The van der Waals surface area contributed by atoms with Gasteiger partial charge >= 0.3 is 49.4 Å². The average Bonchev–Trinajstić information content (AvgIpc) is 2.17. The van der Waals surface area contributed by atoms with Crippen molar-refractivity contribution in [2.75, 3.05) is 0 Å². The Morgan fingerprint density at radius 1 is 1.20 bits per heavy atom. The van der Waals surface area contributed by atoms with Gasteiger partial charge in [0.1, 0.15) is 0 Å². The molecule has 10 heavy (non-hydrogen) atoms. The summed E-state index contributed by atoms with van der Waals surface area (Å²) in [6, 6.07) is 0. The fourth-order valence-corrected chi connectivity index (χ4v) is 0.842. The van der Waals surface area contributed by atoms with Crippen LogP contribution in [0.5, 0.6) is 0 Å². The summed E-state index contributed by atoms with van der Waals surface area (Å²) in [5.74, 6) is 0. The summed E-state index contributed by atoms with van der Waals surface area (Å²) in [5, 5.41) is 0. The summed E-state index contributed by atoms with van der Waals surface area (Å²) in [4.78, 5) is 0. The minimum absolute atomic E-state index is 0.628. The van der Waals surface area contributed by atoms with Crippen molar-refractivity contribution in [3.8, 4) is 0 Å². The standard InChI is InChI=1S/C7H10.2HI.V/c1-6-3-4-7(2)5-6;;;/h3-4H,5H2,1-2H3;2*1H;/q;;;+2/p-2. The van der Waals surface area contributed by atoms with E-state index in [0.717, 1.165) is 0 Å². The van der Waals surface area contributed by atoms with E-state index in [-0.39, 0.29) is 0 Å². The first-order valence-corrected chi connectivity index (χ1v) is 12.0. The van der Waals surface area contributed by atoms with Crippen molar-refractivity contribution in [3.63, 3.8) is 0 Å². The topological polar surface area (TPSA) is 0 Å². The Labute approximate surface area is 91.8 Å². The molecule has 0 saturated heterocycles. The summed E-state index contributed by atoms with van der Waals surface area (Å²) in [6.45, 7) is 4.32. The van der Waals surface area contributed by atoms with E-state index in [2.05, 4.69) is 66.0 Å². The molecule has 0 spiro atoms. The fourth-order valence-electron chi connectivity index (χ4n) is 0.842. The molecule has 0 radical (unpaired) electrons. The molecular formula is C7H10I2V. The van der Waals surface area contributed by atoms with Crippen LogP contribution in [0.2, 0.25) is 0 Å². The SMILES string of the molecule is CC1=CC=C(C)C1.[I][V][I]. The number of rotatable bonds is 0. The summed E-state index contributed by atoms with van der Waals surface area (Å²) in [6.07, 6.45) is 5.55. The van der Waals surface area contributed by atoms with Gasteiger partial charge in [0.15, 0.2) is 0 Å². The van der Waals surface area contributed by atoms with Gasteiger partial charge in [-0.25, -0.2) is 0 Å². The zero-order chi connectivity index (χ0) is 7.98. The van der Waals surface area contributed by atoms with Crippen LogP contribution in [0.4, 0.5) is 0 Å². The van der Waals surface area contributed by atoms with Crippen LogP contribution in [0.15, 0.2) is 23.3 Å². The molecule has 0 aliphatic heterocycles. The molecule has 0 aromatic carbocycles. The van der Waals surface area contributed by atoms with Crippen LogP contribution < -0.4 is 0 Å².